The van der Waals surface area contributed by atoms with Gasteiger partial charge >= 0.3 is 0 Å². The number of amides is 1. The molecule has 6 heteroatoms. The van der Waals surface area contributed by atoms with Crippen molar-refractivity contribution in [2.45, 2.75) is 39.0 Å². The van der Waals surface area contributed by atoms with E-state index < -0.39 is 5.92 Å². The largest absolute Gasteiger partial charge is 0.310 e. The zero-order valence-corrected chi connectivity index (χ0v) is 18.0. The molecule has 1 aliphatic heterocycles. The molecule has 0 bridgehead atoms. The van der Waals surface area contributed by atoms with Crippen LogP contribution >= 0.6 is 15.9 Å². The van der Waals surface area contributed by atoms with Gasteiger partial charge in [-0.05, 0) is 56.5 Å². The molecule has 2 heterocycles. The highest BCUT2D eigenvalue weighted by atomic mass is 79.9. The molecule has 5 nitrogen and oxygen atoms in total. The fraction of sp³-hybridized carbons (Fsp3) is 0.304. The second-order valence-corrected chi connectivity index (χ2v) is 8.47. The van der Waals surface area contributed by atoms with Crippen LogP contribution in [-0.2, 0) is 9.59 Å². The standard InChI is InChI=1S/C23H22BrN3O2/c1-13-5-3-8-19(25-13)27-23(29)20-14(2)26-17-6-4-7-18(28)22(17)21(20)15-9-11-16(24)12-10-15/h3,5,8-12,20-21H,4,6-7H2,1-2H3,(H,25,27,29)/t20?,21-/m0/s1. The van der Waals surface area contributed by atoms with Gasteiger partial charge in [-0.3, -0.25) is 14.6 Å². The van der Waals surface area contributed by atoms with E-state index in [0.717, 1.165) is 40.0 Å². The number of ketones is 1. The monoisotopic (exact) mass is 451 g/mol. The van der Waals surface area contributed by atoms with Crippen LogP contribution in [0.1, 0.15) is 43.4 Å². The van der Waals surface area contributed by atoms with Gasteiger partial charge in [-0.1, -0.05) is 34.1 Å². The van der Waals surface area contributed by atoms with Crippen molar-refractivity contribution in [1.29, 1.82) is 0 Å². The maximum absolute atomic E-state index is 13.3. The molecule has 0 saturated carbocycles. The van der Waals surface area contributed by atoms with Crippen molar-refractivity contribution >= 4 is 39.1 Å². The Bertz CT molecular complexity index is 1040. The number of aromatic nitrogens is 1. The van der Waals surface area contributed by atoms with Crippen LogP contribution in [0.3, 0.4) is 0 Å². The number of halogens is 1. The highest BCUT2D eigenvalue weighted by molar-refractivity contribution is 9.10. The second kappa shape index (κ2) is 8.03. The van der Waals surface area contributed by atoms with Crippen molar-refractivity contribution in [2.24, 2.45) is 10.9 Å². The highest BCUT2D eigenvalue weighted by Crippen LogP contribution is 2.43. The third-order valence-electron chi connectivity index (χ3n) is 5.49. The topological polar surface area (TPSA) is 71.4 Å². The number of allylic oxidation sites excluding steroid dienone is 2. The molecule has 2 aliphatic rings. The van der Waals surface area contributed by atoms with Gasteiger partial charge in [0.05, 0.1) is 5.92 Å². The van der Waals surface area contributed by atoms with Crippen LogP contribution < -0.4 is 5.32 Å². The van der Waals surface area contributed by atoms with Gasteiger partial charge in [0.2, 0.25) is 5.91 Å². The molecule has 1 amide bonds. The second-order valence-electron chi connectivity index (χ2n) is 7.55. The lowest BCUT2D eigenvalue weighted by atomic mass is 9.71. The molecule has 0 spiro atoms. The summed E-state index contributed by atoms with van der Waals surface area (Å²) < 4.78 is 0.955. The number of pyridine rings is 1. The van der Waals surface area contributed by atoms with E-state index >= 15 is 0 Å². The molecule has 29 heavy (non-hydrogen) atoms. The number of anilines is 1. The normalized spacial score (nSPS) is 21.5. The van der Waals surface area contributed by atoms with Gasteiger partial charge in [0.15, 0.2) is 5.78 Å². The van der Waals surface area contributed by atoms with Crippen molar-refractivity contribution in [3.8, 4) is 0 Å². The quantitative estimate of drug-likeness (QED) is 0.715. The smallest absolute Gasteiger partial charge is 0.235 e. The van der Waals surface area contributed by atoms with Crippen molar-refractivity contribution in [3.63, 3.8) is 0 Å². The summed E-state index contributed by atoms with van der Waals surface area (Å²) in [6.45, 7) is 3.76. The number of carbonyl (C=O) groups excluding carboxylic acids is 2. The molecule has 1 N–H and O–H groups in total. The predicted molar refractivity (Wildman–Crippen MR) is 117 cm³/mol. The van der Waals surface area contributed by atoms with E-state index in [-0.39, 0.29) is 17.6 Å². The van der Waals surface area contributed by atoms with Crippen molar-refractivity contribution in [3.05, 3.63) is 69.5 Å². The first kappa shape index (κ1) is 19.7. The molecule has 2 aromatic rings. The minimum absolute atomic E-state index is 0.0990. The van der Waals surface area contributed by atoms with Crippen molar-refractivity contribution in [2.75, 3.05) is 5.32 Å². The van der Waals surface area contributed by atoms with Gasteiger partial charge < -0.3 is 5.32 Å². The van der Waals surface area contributed by atoms with Crippen molar-refractivity contribution < 1.29 is 9.59 Å². The lowest BCUT2D eigenvalue weighted by Gasteiger charge is -2.35. The number of carbonyl (C=O) groups is 2. The van der Waals surface area contributed by atoms with E-state index in [9.17, 15) is 9.59 Å². The fourth-order valence-corrected chi connectivity index (χ4v) is 4.46. The third-order valence-corrected chi connectivity index (χ3v) is 6.01. The summed E-state index contributed by atoms with van der Waals surface area (Å²) in [4.78, 5) is 35.3. The van der Waals surface area contributed by atoms with Crippen LogP contribution in [0.15, 0.2) is 63.2 Å². The molecule has 2 atom stereocenters. The molecule has 0 fully saturated rings. The molecule has 1 unspecified atom stereocenters. The van der Waals surface area contributed by atoms with E-state index in [1.807, 2.05) is 50.2 Å². The summed E-state index contributed by atoms with van der Waals surface area (Å²) in [5.41, 5.74) is 4.04. The summed E-state index contributed by atoms with van der Waals surface area (Å²) in [7, 11) is 0. The van der Waals surface area contributed by atoms with Gasteiger partial charge in [0.25, 0.3) is 0 Å². The average molecular weight is 452 g/mol. The maximum atomic E-state index is 13.3. The third kappa shape index (κ3) is 3.94. The van der Waals surface area contributed by atoms with Gasteiger partial charge in [-0.15, -0.1) is 0 Å². The number of nitrogens with zero attached hydrogens (tertiary/aromatic N) is 2. The molecule has 1 aromatic heterocycles. The van der Waals surface area contributed by atoms with Crippen LogP contribution in [0.25, 0.3) is 0 Å². The number of aliphatic imine (C=N–C) groups is 1. The minimum Gasteiger partial charge on any atom is -0.310 e. The Hall–Kier alpha value is -2.60. The maximum Gasteiger partial charge on any atom is 0.235 e. The molecule has 1 aliphatic carbocycles. The van der Waals surface area contributed by atoms with Gasteiger partial charge in [0.1, 0.15) is 5.82 Å². The van der Waals surface area contributed by atoms with Crippen LogP contribution in [0.5, 0.6) is 0 Å². The number of Topliss-reactive ketones (excluding diaryl/α,β-unsaturated/α-hetero) is 1. The van der Waals surface area contributed by atoms with Crippen LogP contribution in [0.4, 0.5) is 5.82 Å². The van der Waals surface area contributed by atoms with Gasteiger partial charge in [0, 0.05) is 39.5 Å². The number of hydrogen-bond acceptors (Lipinski definition) is 4. The van der Waals surface area contributed by atoms with Crippen LogP contribution in [-0.4, -0.2) is 22.4 Å². The van der Waals surface area contributed by atoms with E-state index in [1.54, 1.807) is 6.07 Å². The fourth-order valence-electron chi connectivity index (χ4n) is 4.19. The molecular formula is C23H22BrN3O2. The van der Waals surface area contributed by atoms with E-state index in [2.05, 4.69) is 26.2 Å². The Morgan fingerprint density at radius 1 is 1.10 bits per heavy atom. The summed E-state index contributed by atoms with van der Waals surface area (Å²) in [6.07, 6.45) is 2.10. The molecular weight excluding hydrogens is 430 g/mol. The lowest BCUT2D eigenvalue weighted by Crippen LogP contribution is -2.39. The summed E-state index contributed by atoms with van der Waals surface area (Å²) >= 11 is 3.47. The summed E-state index contributed by atoms with van der Waals surface area (Å²) in [6, 6.07) is 13.4. The molecule has 4 rings (SSSR count). The summed E-state index contributed by atoms with van der Waals surface area (Å²) in [5, 5.41) is 2.93. The van der Waals surface area contributed by atoms with Crippen LogP contribution in [0, 0.1) is 12.8 Å². The zero-order valence-electron chi connectivity index (χ0n) is 16.4. The molecule has 148 valence electrons. The predicted octanol–water partition coefficient (Wildman–Crippen LogP) is 4.97. The number of nitrogens with one attached hydrogen (secondary N) is 1. The van der Waals surface area contributed by atoms with Gasteiger partial charge in [-0.2, -0.15) is 0 Å². The Morgan fingerprint density at radius 3 is 2.59 bits per heavy atom. The molecule has 0 saturated heterocycles. The average Bonchev–Trinajstić information content (AvgIpc) is 2.67. The zero-order chi connectivity index (χ0) is 20.5. The SMILES string of the molecule is CC1=NC2=C(C(=O)CCC2)[C@@H](c2ccc(Br)cc2)C1C(=O)Nc1cccc(C)n1. The van der Waals surface area contributed by atoms with E-state index in [4.69, 9.17) is 4.99 Å². The van der Waals surface area contributed by atoms with Crippen LogP contribution in [0.2, 0.25) is 0 Å². The summed E-state index contributed by atoms with van der Waals surface area (Å²) in [5.74, 6) is -0.483. The Morgan fingerprint density at radius 2 is 1.86 bits per heavy atom. The van der Waals surface area contributed by atoms with Gasteiger partial charge in [-0.25, -0.2) is 4.98 Å². The number of rotatable bonds is 3. The number of aryl methyl sites for hydroxylation is 1. The lowest BCUT2D eigenvalue weighted by molar-refractivity contribution is -0.119. The molecule has 1 aromatic carbocycles. The number of benzene rings is 1. The van der Waals surface area contributed by atoms with E-state index in [0.29, 0.717) is 17.8 Å². The molecule has 0 radical (unpaired) electrons. The van der Waals surface area contributed by atoms with E-state index in [1.165, 1.54) is 0 Å². The Kier molecular flexibility index (Phi) is 5.46. The van der Waals surface area contributed by atoms with Crippen molar-refractivity contribution in [1.82, 2.24) is 4.98 Å². The number of hydrogen-bond donors (Lipinski definition) is 1. The Labute approximate surface area is 178 Å². The minimum atomic E-state index is -0.556. The highest BCUT2D eigenvalue weighted by Gasteiger charge is 2.42. The Balaban J connectivity index is 1.77. The first-order chi connectivity index (χ1) is 13.9. The first-order valence-corrected chi connectivity index (χ1v) is 10.5. The first-order valence-electron chi connectivity index (χ1n) is 9.75.